The van der Waals surface area contributed by atoms with Crippen LogP contribution in [0.1, 0.15) is 89.0 Å². The Balaban J connectivity index is 0.939. The fourth-order valence-electron chi connectivity index (χ4n) is 15.6. The molecule has 0 fully saturated rings. The third-order valence-electron chi connectivity index (χ3n) is 21.3. The van der Waals surface area contributed by atoms with Crippen molar-refractivity contribution in [2.24, 2.45) is 0 Å². The fourth-order valence-corrected chi connectivity index (χ4v) is 15.6. The van der Waals surface area contributed by atoms with E-state index in [2.05, 4.69) is 301 Å². The average Bonchev–Trinajstić information content (AvgIpc) is 1.59. The van der Waals surface area contributed by atoms with Crippen molar-refractivity contribution in [3.63, 3.8) is 0 Å². The normalized spacial score (nSPS) is 11.7. The molecule has 15 aromatic rings. The summed E-state index contributed by atoms with van der Waals surface area (Å²) in [5.74, 6) is 2.42. The molecule has 506 valence electrons. The summed E-state index contributed by atoms with van der Waals surface area (Å²) in [5.41, 5.74) is 27.3. The molecular formula is C96H82N8. The van der Waals surface area contributed by atoms with Crippen LogP contribution in [0, 0.1) is 0 Å². The topological polar surface area (TPSA) is 109 Å². The van der Waals surface area contributed by atoms with Crippen LogP contribution in [0.2, 0.25) is 0 Å². The van der Waals surface area contributed by atoms with Gasteiger partial charge in [0.15, 0.2) is 23.3 Å². The van der Waals surface area contributed by atoms with E-state index >= 15 is 0 Å². The van der Waals surface area contributed by atoms with Crippen molar-refractivity contribution < 1.29 is 0 Å². The lowest BCUT2D eigenvalue weighted by molar-refractivity contribution is 0.895. The summed E-state index contributed by atoms with van der Waals surface area (Å²) in [4.78, 5) is 42.5. The van der Waals surface area contributed by atoms with Gasteiger partial charge < -0.3 is 9.97 Å². The zero-order valence-corrected chi connectivity index (χ0v) is 58.7. The lowest BCUT2D eigenvalue weighted by atomic mass is 9.91. The number of nitrogens with one attached hydrogen (secondary N) is 2. The Kier molecular flexibility index (Phi) is 19.0. The molecule has 0 amide bonds. The summed E-state index contributed by atoms with van der Waals surface area (Å²) in [7, 11) is 0. The molecule has 0 atom stereocenters. The van der Waals surface area contributed by atoms with Gasteiger partial charge in [0, 0.05) is 43.8 Å². The van der Waals surface area contributed by atoms with E-state index in [1.807, 2.05) is 0 Å². The van der Waals surface area contributed by atoms with Crippen molar-refractivity contribution in [1.29, 1.82) is 0 Å². The molecule has 0 unspecified atom stereocenters. The highest BCUT2D eigenvalue weighted by Crippen LogP contribution is 2.42. The minimum absolute atomic E-state index is 0.605. The molecule has 0 saturated heterocycles. The number of aromatic amines is 2. The summed E-state index contributed by atoms with van der Waals surface area (Å²) in [6.45, 7) is 0. The van der Waals surface area contributed by atoms with Gasteiger partial charge in [-0.15, -0.1) is 0 Å². The Bertz CT molecular complexity index is 5000. The SMILES string of the molecule is c1ccc(CCc2cc3c(cc2CCc2ccccc2)-c2nc-3nc3[nH]c(nc4nc(nc5[nH]c(n2)c2cc(CCc6ccccc6)c(CCc6ccccc6)cc52)-c2cc(CCc5ccccc5)c(CCc5ccccc5)cc2-4)c2cc(CCc4ccccc4)c(CCc4ccccc4)cc32)cc1. The van der Waals surface area contributed by atoms with Crippen LogP contribution in [0.5, 0.6) is 0 Å². The standard InChI is InChI=1S/C96H82N8/c1-9-25-65(26-10-1)41-49-73-57-81-82(58-74(73)50-42-66-27-11-2-12-28-66)90-97-89(81)101-91-83-59-75(51-43-67-29-13-3-14-30-67)76(52-44-68-31-15-4-16-32-68)60-84(83)93(98-91)103-95-87-63-79(55-47-71-37-21-7-22-38-71)80(56-48-72-39-23-8-24-40-72)64-88(87)96(100-95)104-94-86-62-78(54-46-70-35-19-6-20-36-70)77(61-85(86)92(99-94)102-90)53-45-69-33-17-5-18-34-69/h1-40,57-64H,41-56H2,(H2,97,98,99,100,101,102,103,104). The molecule has 2 aliphatic heterocycles. The van der Waals surface area contributed by atoms with E-state index in [0.717, 1.165) is 147 Å². The molecule has 0 aliphatic carbocycles. The molecule has 0 spiro atoms. The van der Waals surface area contributed by atoms with Gasteiger partial charge in [-0.3, -0.25) is 0 Å². The lowest BCUT2D eigenvalue weighted by Crippen LogP contribution is -2.01. The molecule has 2 aliphatic rings. The number of rotatable bonds is 24. The second kappa shape index (κ2) is 30.3. The number of aryl methyl sites for hydroxylation is 16. The lowest BCUT2D eigenvalue weighted by Gasteiger charge is -2.13. The van der Waals surface area contributed by atoms with E-state index in [9.17, 15) is 0 Å². The van der Waals surface area contributed by atoms with Crippen LogP contribution in [-0.4, -0.2) is 39.9 Å². The van der Waals surface area contributed by atoms with Crippen molar-refractivity contribution in [2.75, 3.05) is 0 Å². The Labute approximate surface area is 608 Å². The first-order valence-electron chi connectivity index (χ1n) is 37.2. The number of aromatic nitrogens is 8. The van der Waals surface area contributed by atoms with Crippen LogP contribution in [-0.2, 0) is 103 Å². The highest BCUT2D eigenvalue weighted by molar-refractivity contribution is 6.07. The van der Waals surface area contributed by atoms with Gasteiger partial charge in [0.2, 0.25) is 0 Å². The third-order valence-corrected chi connectivity index (χ3v) is 21.3. The average molecular weight is 1350 g/mol. The Morgan fingerprint density at radius 3 is 0.481 bits per heavy atom. The molecule has 8 nitrogen and oxygen atoms in total. The highest BCUT2D eigenvalue weighted by atomic mass is 15.1. The summed E-state index contributed by atoms with van der Waals surface area (Å²) < 4.78 is 0. The molecule has 12 aromatic carbocycles. The van der Waals surface area contributed by atoms with Gasteiger partial charge in [0.25, 0.3) is 0 Å². The van der Waals surface area contributed by atoms with Crippen molar-refractivity contribution in [1.82, 2.24) is 39.9 Å². The highest BCUT2D eigenvalue weighted by Gasteiger charge is 2.27. The monoisotopic (exact) mass is 1350 g/mol. The predicted octanol–water partition coefficient (Wildman–Crippen LogP) is 21.2. The first-order valence-corrected chi connectivity index (χ1v) is 37.2. The van der Waals surface area contributed by atoms with Crippen LogP contribution >= 0.6 is 0 Å². The molecular weight excluding hydrogens is 1270 g/mol. The maximum Gasteiger partial charge on any atom is 0.164 e. The molecule has 17 rings (SSSR count). The van der Waals surface area contributed by atoms with Gasteiger partial charge in [0.05, 0.1) is 0 Å². The number of hydrogen-bond donors (Lipinski definition) is 2. The number of nitrogens with zero attached hydrogens (tertiary/aromatic N) is 6. The largest absolute Gasteiger partial charge is 0.324 e. The molecule has 104 heavy (non-hydrogen) atoms. The van der Waals surface area contributed by atoms with Crippen LogP contribution < -0.4 is 0 Å². The van der Waals surface area contributed by atoms with Crippen molar-refractivity contribution in [3.05, 3.63) is 380 Å². The van der Waals surface area contributed by atoms with Gasteiger partial charge >= 0.3 is 0 Å². The number of H-pyrrole nitrogens is 2. The van der Waals surface area contributed by atoms with Crippen LogP contribution in [0.3, 0.4) is 0 Å². The van der Waals surface area contributed by atoms with Gasteiger partial charge in [0.1, 0.15) is 22.6 Å². The summed E-state index contributed by atoms with van der Waals surface area (Å²) in [6.07, 6.45) is 13.9. The first-order chi connectivity index (χ1) is 51.5. The zero-order valence-electron chi connectivity index (χ0n) is 58.7. The number of hydrogen-bond acceptors (Lipinski definition) is 6. The molecule has 3 aromatic heterocycles. The minimum Gasteiger partial charge on any atom is -0.324 e. The third kappa shape index (κ3) is 14.7. The van der Waals surface area contributed by atoms with E-state index in [-0.39, 0.29) is 0 Å². The van der Waals surface area contributed by atoms with Gasteiger partial charge in [-0.05, 0) is 240 Å². The molecule has 5 heterocycles. The molecule has 2 N–H and O–H groups in total. The molecule has 0 radical (unpaired) electrons. The van der Waals surface area contributed by atoms with Crippen molar-refractivity contribution in [2.45, 2.75) is 103 Å². The second-order valence-corrected chi connectivity index (χ2v) is 28.2. The fraction of sp³-hybridized carbons (Fsp3) is 0.167. The summed E-state index contributed by atoms with van der Waals surface area (Å²) in [5, 5.41) is 3.93. The number of benzene rings is 12. The van der Waals surface area contributed by atoms with E-state index < -0.39 is 0 Å². The Hall–Kier alpha value is -12.0. The Morgan fingerprint density at radius 2 is 0.317 bits per heavy atom. The zero-order chi connectivity index (χ0) is 69.4. The van der Waals surface area contributed by atoms with Gasteiger partial charge in [-0.25, -0.2) is 29.9 Å². The second-order valence-electron chi connectivity index (χ2n) is 28.2. The molecule has 8 bridgehead atoms. The van der Waals surface area contributed by atoms with E-state index in [1.165, 1.54) is 89.0 Å². The van der Waals surface area contributed by atoms with E-state index in [1.54, 1.807) is 0 Å². The summed E-state index contributed by atoms with van der Waals surface area (Å²) >= 11 is 0. The van der Waals surface area contributed by atoms with E-state index in [4.69, 9.17) is 29.9 Å². The molecule has 8 heteroatoms. The maximum atomic E-state index is 5.83. The van der Waals surface area contributed by atoms with Crippen LogP contribution in [0.15, 0.2) is 291 Å². The predicted molar refractivity (Wildman–Crippen MR) is 427 cm³/mol. The molecule has 0 saturated carbocycles. The van der Waals surface area contributed by atoms with E-state index in [0.29, 0.717) is 45.9 Å². The van der Waals surface area contributed by atoms with Gasteiger partial charge in [-0.2, -0.15) is 0 Å². The van der Waals surface area contributed by atoms with Gasteiger partial charge in [-0.1, -0.05) is 243 Å². The maximum absolute atomic E-state index is 5.83. The number of fused-ring (bicyclic) bond motifs is 20. The van der Waals surface area contributed by atoms with Crippen LogP contribution in [0.25, 0.3) is 89.7 Å². The van der Waals surface area contributed by atoms with Crippen molar-refractivity contribution >= 4 is 44.1 Å². The Morgan fingerprint density at radius 1 is 0.163 bits per heavy atom. The van der Waals surface area contributed by atoms with Crippen LogP contribution in [0.4, 0.5) is 0 Å². The first kappa shape index (κ1) is 65.3. The summed E-state index contributed by atoms with van der Waals surface area (Å²) in [6, 6.07) is 106. The smallest absolute Gasteiger partial charge is 0.164 e. The van der Waals surface area contributed by atoms with Crippen molar-refractivity contribution in [3.8, 4) is 45.6 Å². The minimum atomic E-state index is 0.605. The quantitative estimate of drug-likeness (QED) is 0.0624.